The summed E-state index contributed by atoms with van der Waals surface area (Å²) in [5.74, 6) is -0.469. The Kier molecular flexibility index (Phi) is 18.9. The Labute approximate surface area is 615 Å². The molecule has 0 saturated carbocycles. The molecule has 7 nitrogen and oxygen atoms in total. The summed E-state index contributed by atoms with van der Waals surface area (Å²) in [5, 5.41) is 12.5. The fourth-order valence-corrected chi connectivity index (χ4v) is 14.2. The van der Waals surface area contributed by atoms with Crippen LogP contribution >= 0.6 is 0 Å². The van der Waals surface area contributed by atoms with Crippen molar-refractivity contribution in [1.29, 1.82) is 0 Å². The van der Waals surface area contributed by atoms with Crippen LogP contribution in [0.1, 0.15) is 63.7 Å². The summed E-state index contributed by atoms with van der Waals surface area (Å²) in [6.45, 7) is 0. The third-order valence-corrected chi connectivity index (χ3v) is 19.1. The Morgan fingerprint density at radius 1 is 0.231 bits per heavy atom. The second-order valence-corrected chi connectivity index (χ2v) is 25.4. The van der Waals surface area contributed by atoms with Gasteiger partial charge in [0.1, 0.15) is 0 Å². The molecule has 0 atom stereocenters. The van der Waals surface area contributed by atoms with Gasteiger partial charge in [-0.25, -0.2) is 0 Å². The predicted octanol–water partition coefficient (Wildman–Crippen LogP) is 20.7. The molecule has 0 amide bonds. The number of para-hydroxylation sites is 4. The minimum atomic E-state index is -0.137. The summed E-state index contributed by atoms with van der Waals surface area (Å²) in [4.78, 5) is 54.8. The van der Waals surface area contributed by atoms with E-state index in [9.17, 15) is 19.2 Å². The molecule has 0 aliphatic heterocycles. The normalized spacial score (nSPS) is 11.7. The summed E-state index contributed by atoms with van der Waals surface area (Å²) >= 11 is 0. The van der Waals surface area contributed by atoms with E-state index >= 15 is 0 Å². The van der Waals surface area contributed by atoms with Gasteiger partial charge in [0.25, 0.3) is 0 Å². The average molecular weight is 1330 g/mol. The molecule has 0 unspecified atom stereocenters. The van der Waals surface area contributed by atoms with Gasteiger partial charge in [-0.15, -0.1) is 16.8 Å². The van der Waals surface area contributed by atoms with E-state index in [0.29, 0.717) is 50.2 Å². The summed E-state index contributed by atoms with van der Waals surface area (Å²) in [5.41, 5.74) is 20.9. The van der Waals surface area contributed by atoms with Crippen LogP contribution in [0.25, 0.3) is 76.1 Å². The van der Waals surface area contributed by atoms with Gasteiger partial charge in [-0.3, -0.25) is 19.2 Å². The third-order valence-electron chi connectivity index (χ3n) is 19.1. The van der Waals surface area contributed by atoms with Crippen LogP contribution in [0.5, 0.6) is 0 Å². The van der Waals surface area contributed by atoms with Gasteiger partial charge in [0.2, 0.25) is 0 Å². The van der Waals surface area contributed by atoms with Crippen molar-refractivity contribution in [2.24, 2.45) is 0 Å². The zero-order valence-electron chi connectivity index (χ0n) is 56.9. The largest absolute Gasteiger partial charge is 1.00 e. The summed E-state index contributed by atoms with van der Waals surface area (Å²) in [6, 6.07) is 130. The minimum absolute atomic E-state index is 0. The third kappa shape index (κ3) is 13.0. The van der Waals surface area contributed by atoms with E-state index in [-0.39, 0.29) is 42.0 Å². The summed E-state index contributed by atoms with van der Waals surface area (Å²) in [6.07, 6.45) is 0. The van der Waals surface area contributed by atoms with Gasteiger partial charge < -0.3 is 15.5 Å². The molecule has 17 aromatic rings. The molecule has 0 heterocycles. The maximum atomic E-state index is 13.1. The second-order valence-electron chi connectivity index (χ2n) is 25.4. The van der Waals surface area contributed by atoms with Crippen molar-refractivity contribution in [3.05, 3.63) is 427 Å². The van der Waals surface area contributed by atoms with Crippen LogP contribution in [-0.4, -0.2) is 23.1 Å². The van der Waals surface area contributed by atoms with E-state index in [4.69, 9.17) is 5.73 Å². The Morgan fingerprint density at radius 2 is 0.558 bits per heavy atom. The summed E-state index contributed by atoms with van der Waals surface area (Å²) < 4.78 is 0. The van der Waals surface area contributed by atoms with E-state index in [0.717, 1.165) is 34.1 Å². The number of anilines is 7. The predicted molar refractivity (Wildman–Crippen MR) is 423 cm³/mol. The topological polar surface area (TPSA) is 101 Å². The number of nitrogen functional groups attached to an aromatic ring is 1. The number of nitrogens with zero attached hydrogens (tertiary/aromatic N) is 2. The van der Waals surface area contributed by atoms with Gasteiger partial charge >= 0.3 is 18.9 Å². The molecule has 0 bridgehead atoms. The number of carbonyl (C=O) groups excluding carboxylic acids is 4. The number of rotatable bonds is 8. The molecule has 0 aromatic heterocycles. The first-order chi connectivity index (χ1) is 50.7. The molecule has 17 aromatic carbocycles. The van der Waals surface area contributed by atoms with Crippen LogP contribution in [0, 0.1) is 6.07 Å². The van der Waals surface area contributed by atoms with Crippen molar-refractivity contribution in [2.75, 3.05) is 15.5 Å². The molecule has 0 saturated heterocycles. The number of fused-ring (bicyclic) bond motifs is 9. The van der Waals surface area contributed by atoms with Gasteiger partial charge in [-0.2, -0.15) is 24.3 Å². The van der Waals surface area contributed by atoms with Gasteiger partial charge in [-0.05, 0) is 175 Å². The van der Waals surface area contributed by atoms with Crippen LogP contribution in [0.2, 0.25) is 0 Å². The number of carbonyl (C=O) groups is 4. The number of benzene rings is 17. The van der Waals surface area contributed by atoms with E-state index in [1.165, 1.54) is 76.1 Å². The van der Waals surface area contributed by atoms with Crippen molar-refractivity contribution in [2.45, 2.75) is 0 Å². The van der Waals surface area contributed by atoms with Crippen molar-refractivity contribution in [3.63, 3.8) is 0 Å². The molecule has 8 heteroatoms. The first kappa shape index (κ1) is 66.6. The van der Waals surface area contributed by atoms with Crippen LogP contribution in [0.3, 0.4) is 0 Å². The quantitative estimate of drug-likeness (QED) is 0.0700. The SMILES string of the molecule is Nc1ccc2c(c1)C(=O)c1ccccc1C2=O.O=C1c2ccccc2C(=O)c2cc(N(c3ccccc3)c3ccccc3)ccc21.[Li+].[c-]1ccc2ccccc2c1.c1ccc(N(c2ccccc2)c2ccc3c(-c4ccc5ccccc5c4)c4ccccc4c(-c4ccc5ccccc5c4)c3c2)cc1. The van der Waals surface area contributed by atoms with Crippen molar-refractivity contribution < 1.29 is 38.0 Å². The molecule has 0 radical (unpaired) electrons. The van der Waals surface area contributed by atoms with Crippen molar-refractivity contribution in [1.82, 2.24) is 0 Å². The number of nitrogens with two attached hydrogens (primary N) is 1. The molecule has 104 heavy (non-hydrogen) atoms. The zero-order valence-corrected chi connectivity index (χ0v) is 56.9. The maximum absolute atomic E-state index is 13.1. The van der Waals surface area contributed by atoms with E-state index in [1.54, 1.807) is 72.8 Å². The zero-order chi connectivity index (χ0) is 69.8. The molecule has 488 valence electrons. The van der Waals surface area contributed by atoms with Gasteiger partial charge in [0, 0.05) is 84.3 Å². The fraction of sp³-hybridized carbons (Fsp3) is 0. The maximum Gasteiger partial charge on any atom is 1.00 e. The molecule has 2 N–H and O–H groups in total. The van der Waals surface area contributed by atoms with Gasteiger partial charge in [0.05, 0.1) is 0 Å². The molecular weight excluding hydrogens is 1270 g/mol. The monoisotopic (exact) mass is 1330 g/mol. The van der Waals surface area contributed by atoms with Gasteiger partial charge in [0.15, 0.2) is 23.1 Å². The van der Waals surface area contributed by atoms with E-state index in [2.05, 4.69) is 222 Å². The fourth-order valence-electron chi connectivity index (χ4n) is 14.2. The van der Waals surface area contributed by atoms with Crippen LogP contribution in [-0.2, 0) is 0 Å². The second kappa shape index (κ2) is 29.5. The number of ketones is 4. The summed E-state index contributed by atoms with van der Waals surface area (Å²) in [7, 11) is 0. The Hall–Kier alpha value is -13.3. The van der Waals surface area contributed by atoms with E-state index in [1.807, 2.05) is 97.1 Å². The standard InChI is InChI=1S/C46H31N.C26H17NO2.C14H9NO2.C10H7.Li/c1-3-17-38(18-4-1)47(39-19-5-2-6-20-39)40-27-28-43-44(31-40)46(37-26-24-33-14-8-10-16-35(33)30-37)42-22-12-11-21-41(42)45(43)36-25-23-32-13-7-9-15-34(32)29-36;28-25-21-13-7-8-14-22(21)26(29)24-17-20(15-16-23(24)25)27(18-9-3-1-4-10-18)19-11-5-2-6-12-19;15-8-5-6-11-12(7-8)14(17)10-4-2-1-3-9(10)13(11)16;1-2-6-10-8-4-3-7-9(10)5-1;/h1-31H;1-17H;1-7H,15H2;1-3,5-8H;/q;;;-1;+1. The molecule has 0 spiro atoms. The molecule has 19 rings (SSSR count). The molecule has 2 aliphatic rings. The average Bonchev–Trinajstić information content (AvgIpc) is 0.733. The molecule has 0 fully saturated rings. The first-order valence-corrected chi connectivity index (χ1v) is 34.2. The van der Waals surface area contributed by atoms with Crippen molar-refractivity contribution in [3.8, 4) is 22.3 Å². The molecule has 2 aliphatic carbocycles. The molecular formula is C96H64LiN3O4. The smallest absolute Gasteiger partial charge is 0.399 e. The van der Waals surface area contributed by atoms with Crippen LogP contribution in [0.4, 0.5) is 39.8 Å². The Bertz CT molecular complexity index is 5980. The van der Waals surface area contributed by atoms with Gasteiger partial charge in [-0.1, -0.05) is 243 Å². The number of hydrogen-bond donors (Lipinski definition) is 1. The van der Waals surface area contributed by atoms with Crippen LogP contribution in [0.15, 0.2) is 376 Å². The minimum Gasteiger partial charge on any atom is -0.399 e. The van der Waals surface area contributed by atoms with E-state index < -0.39 is 0 Å². The first-order valence-electron chi connectivity index (χ1n) is 34.2. The van der Waals surface area contributed by atoms with Crippen molar-refractivity contribution >= 4 is 117 Å². The van der Waals surface area contributed by atoms with Crippen LogP contribution < -0.4 is 34.4 Å². The number of hydrogen-bond acceptors (Lipinski definition) is 7. The Balaban J connectivity index is 0.000000128. The Morgan fingerprint density at radius 3 is 1.01 bits per heavy atom.